The van der Waals surface area contributed by atoms with Crippen molar-refractivity contribution in [2.45, 2.75) is 179 Å². The van der Waals surface area contributed by atoms with Crippen LogP contribution in [0.5, 0.6) is 0 Å². The zero-order valence-corrected chi connectivity index (χ0v) is 44.3. The summed E-state index contributed by atoms with van der Waals surface area (Å²) in [4.78, 5) is 130. The first-order valence-electron chi connectivity index (χ1n) is 26.5. The molecule has 12 N–H and O–H groups in total. The molecule has 436 valence electrons. The quantitative estimate of drug-likeness (QED) is 0.0380. The number of rotatable bonds is 52. The molecule has 4 atom stereocenters. The number of aliphatic carboxylic acids is 4. The Labute approximate surface area is 445 Å². The molecule has 26 nitrogen and oxygen atoms in total. The van der Waals surface area contributed by atoms with Gasteiger partial charge < -0.3 is 77.0 Å². The Morgan fingerprint density at radius 3 is 1.16 bits per heavy atom. The summed E-state index contributed by atoms with van der Waals surface area (Å²) in [5, 5.41) is 52.0. The van der Waals surface area contributed by atoms with Gasteiger partial charge in [0.1, 0.15) is 37.1 Å². The van der Waals surface area contributed by atoms with E-state index >= 15 is 0 Å². The van der Waals surface area contributed by atoms with E-state index in [2.05, 4.69) is 31.9 Å². The molecule has 0 saturated carbocycles. The minimum Gasteiger partial charge on any atom is -0.481 e. The van der Waals surface area contributed by atoms with Crippen LogP contribution in [-0.4, -0.2) is 182 Å². The average Bonchev–Trinajstić information content (AvgIpc) is 3.36. The second-order valence-electron chi connectivity index (χ2n) is 18.2. The second kappa shape index (κ2) is 46.5. The van der Waals surface area contributed by atoms with Crippen molar-refractivity contribution in [3.05, 3.63) is 0 Å². The molecule has 0 aliphatic carbocycles. The predicted octanol–water partition coefficient (Wildman–Crippen LogP) is 1.08. The van der Waals surface area contributed by atoms with Crippen molar-refractivity contribution in [1.29, 1.82) is 0 Å². The number of carbonyl (C=O) groups is 11. The number of nitrogens with two attached hydrogens (primary N) is 1. The maximum atomic E-state index is 12.4. The first-order chi connectivity index (χ1) is 36.3. The number of ether oxygens (including phenoxy) is 4. The number of nitrogens with one attached hydrogen (secondary N) is 6. The van der Waals surface area contributed by atoms with E-state index < -0.39 is 90.6 Å². The van der Waals surface area contributed by atoms with Crippen LogP contribution in [0.3, 0.4) is 0 Å². The van der Waals surface area contributed by atoms with Crippen molar-refractivity contribution in [2.24, 2.45) is 5.73 Å². The first kappa shape index (κ1) is 70.2. The van der Waals surface area contributed by atoms with Crippen molar-refractivity contribution in [1.82, 2.24) is 31.9 Å². The lowest BCUT2D eigenvalue weighted by Gasteiger charge is -2.17. The summed E-state index contributed by atoms with van der Waals surface area (Å²) in [6, 6.07) is -4.64. The van der Waals surface area contributed by atoms with Crippen LogP contribution in [0.25, 0.3) is 0 Å². The molecule has 0 unspecified atom stereocenters. The zero-order chi connectivity index (χ0) is 56.8. The minimum absolute atomic E-state index is 0.0386. The van der Waals surface area contributed by atoms with Crippen LogP contribution >= 0.6 is 0 Å². The fraction of sp³-hybridized carbons (Fsp3) is 0.780. The van der Waals surface area contributed by atoms with Crippen molar-refractivity contribution >= 4 is 65.1 Å². The van der Waals surface area contributed by atoms with Crippen molar-refractivity contribution < 1.29 is 92.1 Å². The Hall–Kier alpha value is -5.83. The highest BCUT2D eigenvalue weighted by Gasteiger charge is 2.25. The molecule has 0 aliphatic heterocycles. The molecular weight excluding hydrogens is 1000 g/mol. The van der Waals surface area contributed by atoms with Gasteiger partial charge in [-0.15, -0.1) is 0 Å². The number of Topliss-reactive ketones (excluding diaryl/α,β-unsaturated/α-hetero) is 1. The summed E-state index contributed by atoms with van der Waals surface area (Å²) in [5.74, 6) is -8.11. The van der Waals surface area contributed by atoms with Gasteiger partial charge in [0.05, 0.1) is 45.7 Å². The summed E-state index contributed by atoms with van der Waals surface area (Å²) in [6.07, 6.45) is 12.7. The fourth-order valence-corrected chi connectivity index (χ4v) is 7.14. The lowest BCUT2D eigenvalue weighted by Crippen LogP contribution is -2.45. The summed E-state index contributed by atoms with van der Waals surface area (Å²) in [5.41, 5.74) is 5.67. The lowest BCUT2D eigenvalue weighted by molar-refractivity contribution is -0.144. The van der Waals surface area contributed by atoms with Gasteiger partial charge in [0, 0.05) is 51.7 Å². The molecule has 0 rings (SSSR count). The Bertz CT molecular complexity index is 1740. The van der Waals surface area contributed by atoms with Crippen molar-refractivity contribution in [3.8, 4) is 0 Å². The van der Waals surface area contributed by atoms with Crippen LogP contribution in [0.2, 0.25) is 0 Å². The summed E-state index contributed by atoms with van der Waals surface area (Å²) >= 11 is 0. The zero-order valence-electron chi connectivity index (χ0n) is 44.3. The third kappa shape index (κ3) is 43.4. The molecule has 26 heteroatoms. The van der Waals surface area contributed by atoms with Gasteiger partial charge in [-0.25, -0.2) is 14.4 Å². The number of hydrogen-bond acceptors (Lipinski definition) is 16. The van der Waals surface area contributed by atoms with E-state index in [1.165, 1.54) is 6.92 Å². The number of carboxylic acid groups (broad SMARTS) is 4. The molecule has 76 heavy (non-hydrogen) atoms. The highest BCUT2D eigenvalue weighted by atomic mass is 16.5. The van der Waals surface area contributed by atoms with Crippen LogP contribution in [0, 0.1) is 0 Å². The van der Waals surface area contributed by atoms with Gasteiger partial charge in [-0.1, -0.05) is 64.2 Å². The molecule has 0 aromatic rings. The van der Waals surface area contributed by atoms with Gasteiger partial charge in [0.15, 0.2) is 0 Å². The van der Waals surface area contributed by atoms with E-state index in [0.29, 0.717) is 32.2 Å². The molecule has 0 saturated heterocycles. The summed E-state index contributed by atoms with van der Waals surface area (Å²) in [6.45, 7) is 1.67. The SMILES string of the molecule is CC(=O)[C@@H](N)CCCCNC(=O)CC[C@H](NC(=O)CC[C@H](NC(=O)COCCOCCNC(=O)COCCOCCNC(=O)CC[C@H](NC(=O)CCCCCCCCCCCCCCC(=O)O)C(=O)O)C(=O)O)C(=O)O. The smallest absolute Gasteiger partial charge is 0.326 e. The Balaban J connectivity index is 3.97. The van der Waals surface area contributed by atoms with Crippen LogP contribution in [-0.2, 0) is 71.7 Å². The van der Waals surface area contributed by atoms with E-state index in [1.807, 2.05) is 0 Å². The molecule has 0 radical (unpaired) electrons. The third-order valence-electron chi connectivity index (χ3n) is 11.6. The van der Waals surface area contributed by atoms with E-state index in [1.54, 1.807) is 0 Å². The predicted molar refractivity (Wildman–Crippen MR) is 273 cm³/mol. The largest absolute Gasteiger partial charge is 0.481 e. The van der Waals surface area contributed by atoms with Gasteiger partial charge in [0.25, 0.3) is 0 Å². The summed E-state index contributed by atoms with van der Waals surface area (Å²) < 4.78 is 21.2. The molecule has 0 aliphatic rings. The number of unbranched alkanes of at least 4 members (excludes halogenated alkanes) is 12. The maximum Gasteiger partial charge on any atom is 0.326 e. The van der Waals surface area contributed by atoms with Crippen LogP contribution in [0.15, 0.2) is 0 Å². The van der Waals surface area contributed by atoms with Gasteiger partial charge >= 0.3 is 23.9 Å². The average molecular weight is 1090 g/mol. The van der Waals surface area contributed by atoms with Crippen molar-refractivity contribution in [3.63, 3.8) is 0 Å². The summed E-state index contributed by atoms with van der Waals surface area (Å²) in [7, 11) is 0. The second-order valence-corrected chi connectivity index (χ2v) is 18.2. The molecule has 0 aromatic heterocycles. The molecule has 6 amide bonds. The molecular formula is C50H87N7O19. The molecule has 0 heterocycles. The van der Waals surface area contributed by atoms with Crippen LogP contribution in [0.4, 0.5) is 0 Å². The maximum absolute atomic E-state index is 12.4. The highest BCUT2D eigenvalue weighted by Crippen LogP contribution is 2.13. The molecule has 0 fully saturated rings. The minimum atomic E-state index is -1.48. The molecule has 0 aromatic carbocycles. The number of amides is 6. The third-order valence-corrected chi connectivity index (χ3v) is 11.6. The monoisotopic (exact) mass is 1090 g/mol. The normalized spacial score (nSPS) is 12.6. The van der Waals surface area contributed by atoms with Crippen LogP contribution < -0.4 is 37.6 Å². The van der Waals surface area contributed by atoms with Gasteiger partial charge in [-0.05, 0) is 58.3 Å². The lowest BCUT2D eigenvalue weighted by atomic mass is 10.0. The van der Waals surface area contributed by atoms with Crippen LogP contribution in [0.1, 0.15) is 155 Å². The molecule has 0 spiro atoms. The number of carbonyl (C=O) groups excluding carboxylic acids is 7. The highest BCUT2D eigenvalue weighted by molar-refractivity contribution is 5.87. The van der Waals surface area contributed by atoms with E-state index in [9.17, 15) is 68.1 Å². The standard InChI is InChI=1S/C50H87N7O19/c1-36(58)37(51)16-14-15-25-52-41(59)22-19-39(49(69)70)56-44(62)24-21-40(50(71)72)57-46(64)35-76-33-31-74-29-27-54-45(63)34-75-32-30-73-28-26-53-42(60)23-20-38(48(67)68)55-43(61)17-12-10-8-6-4-2-3-5-7-9-11-13-18-47(65)66/h37-40H,2-35,51H2,1H3,(H,52,59)(H,53,60)(H,54,63)(H,55,61)(H,56,62)(H,57,64)(H,65,66)(H,67,68)(H,69,70)(H,71,72)/t37-,38-,39-,40-/m0/s1. The Morgan fingerprint density at radius 2 is 0.724 bits per heavy atom. The van der Waals surface area contributed by atoms with Gasteiger partial charge in [0.2, 0.25) is 35.4 Å². The van der Waals surface area contributed by atoms with E-state index in [-0.39, 0.29) is 116 Å². The number of ketones is 1. The van der Waals surface area contributed by atoms with E-state index in [4.69, 9.17) is 29.8 Å². The first-order valence-corrected chi connectivity index (χ1v) is 26.5. The number of hydrogen-bond donors (Lipinski definition) is 11. The topological polar surface area (TPSA) is 404 Å². The Kier molecular flexibility index (Phi) is 42.9. The van der Waals surface area contributed by atoms with Crippen molar-refractivity contribution in [2.75, 3.05) is 72.5 Å². The van der Waals surface area contributed by atoms with Gasteiger partial charge in [-0.2, -0.15) is 0 Å². The Morgan fingerprint density at radius 1 is 0.368 bits per heavy atom. The van der Waals surface area contributed by atoms with Gasteiger partial charge in [-0.3, -0.25) is 38.4 Å². The number of carboxylic acids is 4. The van der Waals surface area contributed by atoms with E-state index in [0.717, 1.165) is 70.6 Å². The fourth-order valence-electron chi connectivity index (χ4n) is 7.14. The molecule has 0 bridgehead atoms.